The summed E-state index contributed by atoms with van der Waals surface area (Å²) in [7, 11) is 0. The van der Waals surface area contributed by atoms with Gasteiger partial charge in [-0.1, -0.05) is 32.5 Å². The zero-order chi connectivity index (χ0) is 10.6. The van der Waals surface area contributed by atoms with Crippen molar-refractivity contribution >= 4 is 11.8 Å². The van der Waals surface area contributed by atoms with Crippen LogP contribution >= 0.6 is 11.8 Å². The normalized spacial score (nSPS) is 11.7. The van der Waals surface area contributed by atoms with Crippen LogP contribution in [0.2, 0.25) is 0 Å². The molecular formula is C10H17N3S. The molecule has 1 aromatic heterocycles. The fraction of sp³-hybridized carbons (Fsp3) is 0.600. The summed E-state index contributed by atoms with van der Waals surface area (Å²) in [4.78, 5) is 8.56. The lowest BCUT2D eigenvalue weighted by Gasteiger charge is -2.15. The number of aromatic nitrogens is 2. The number of hydrogen-bond donors (Lipinski definition) is 1. The van der Waals surface area contributed by atoms with E-state index in [1.165, 1.54) is 0 Å². The molecule has 0 saturated carbocycles. The van der Waals surface area contributed by atoms with Gasteiger partial charge in [0.25, 0.3) is 0 Å². The maximum absolute atomic E-state index is 5.44. The molecule has 1 aromatic rings. The maximum atomic E-state index is 5.44. The van der Waals surface area contributed by atoms with E-state index in [-0.39, 0.29) is 4.75 Å². The lowest BCUT2D eigenvalue weighted by Crippen LogP contribution is -2.09. The number of thioether (sulfide) groups is 1. The van der Waals surface area contributed by atoms with Crippen LogP contribution in [0.4, 0.5) is 0 Å². The summed E-state index contributed by atoms with van der Waals surface area (Å²) in [5.41, 5.74) is 6.54. The minimum Gasteiger partial charge on any atom is -0.330 e. The molecule has 0 aliphatic heterocycles. The third kappa shape index (κ3) is 4.07. The molecule has 0 unspecified atom stereocenters. The molecule has 3 nitrogen and oxygen atoms in total. The number of nitrogens with zero attached hydrogens (tertiary/aromatic N) is 2. The molecule has 0 spiro atoms. The molecule has 1 rings (SSSR count). The Morgan fingerprint density at radius 2 is 1.86 bits per heavy atom. The SMILES string of the molecule is CC(C)(C)Sc1ncc(CCN)cn1. The van der Waals surface area contributed by atoms with E-state index < -0.39 is 0 Å². The van der Waals surface area contributed by atoms with Gasteiger partial charge in [0.15, 0.2) is 5.16 Å². The van der Waals surface area contributed by atoms with Crippen molar-refractivity contribution in [2.24, 2.45) is 5.73 Å². The second-order valence-corrected chi connectivity index (χ2v) is 5.92. The highest BCUT2D eigenvalue weighted by atomic mass is 32.2. The number of hydrogen-bond acceptors (Lipinski definition) is 4. The molecular weight excluding hydrogens is 194 g/mol. The standard InChI is InChI=1S/C10H17N3S/c1-10(2,3)14-9-12-6-8(4-5-11)7-13-9/h6-7H,4-5,11H2,1-3H3. The van der Waals surface area contributed by atoms with Crippen molar-refractivity contribution in [1.29, 1.82) is 0 Å². The van der Waals surface area contributed by atoms with Crippen LogP contribution in [0, 0.1) is 0 Å². The van der Waals surface area contributed by atoms with E-state index >= 15 is 0 Å². The van der Waals surface area contributed by atoms with E-state index in [0.717, 1.165) is 17.1 Å². The van der Waals surface area contributed by atoms with E-state index in [1.807, 2.05) is 12.4 Å². The van der Waals surface area contributed by atoms with Crippen LogP contribution in [-0.2, 0) is 6.42 Å². The Hall–Kier alpha value is -0.610. The molecule has 0 aliphatic carbocycles. The van der Waals surface area contributed by atoms with E-state index in [1.54, 1.807) is 11.8 Å². The highest BCUT2D eigenvalue weighted by Crippen LogP contribution is 2.28. The van der Waals surface area contributed by atoms with Gasteiger partial charge >= 0.3 is 0 Å². The summed E-state index contributed by atoms with van der Waals surface area (Å²) in [6.07, 6.45) is 4.56. The maximum Gasteiger partial charge on any atom is 0.187 e. The zero-order valence-electron chi connectivity index (χ0n) is 8.95. The van der Waals surface area contributed by atoms with Gasteiger partial charge in [-0.3, -0.25) is 0 Å². The quantitative estimate of drug-likeness (QED) is 0.612. The van der Waals surface area contributed by atoms with E-state index in [4.69, 9.17) is 5.73 Å². The molecule has 78 valence electrons. The predicted octanol–water partition coefficient (Wildman–Crippen LogP) is 1.87. The van der Waals surface area contributed by atoms with Gasteiger partial charge in [0.2, 0.25) is 0 Å². The molecule has 0 bridgehead atoms. The first kappa shape index (κ1) is 11.5. The Bertz CT molecular complexity index is 276. The van der Waals surface area contributed by atoms with Gasteiger partial charge in [-0.25, -0.2) is 9.97 Å². The molecule has 14 heavy (non-hydrogen) atoms. The lowest BCUT2D eigenvalue weighted by atomic mass is 10.2. The van der Waals surface area contributed by atoms with Crippen molar-refractivity contribution < 1.29 is 0 Å². The first-order valence-corrected chi connectivity index (χ1v) is 5.53. The highest BCUT2D eigenvalue weighted by Gasteiger charge is 2.13. The Morgan fingerprint density at radius 1 is 1.29 bits per heavy atom. The minimum absolute atomic E-state index is 0.162. The average molecular weight is 211 g/mol. The van der Waals surface area contributed by atoms with Crippen LogP contribution in [0.5, 0.6) is 0 Å². The lowest BCUT2D eigenvalue weighted by molar-refractivity contribution is 0.789. The van der Waals surface area contributed by atoms with Crippen molar-refractivity contribution in [3.05, 3.63) is 18.0 Å². The van der Waals surface area contributed by atoms with Gasteiger partial charge in [0.1, 0.15) is 0 Å². The summed E-state index contributed by atoms with van der Waals surface area (Å²) >= 11 is 1.67. The summed E-state index contributed by atoms with van der Waals surface area (Å²) in [6.45, 7) is 7.09. The van der Waals surface area contributed by atoms with Crippen molar-refractivity contribution in [2.45, 2.75) is 37.1 Å². The summed E-state index contributed by atoms with van der Waals surface area (Å²) < 4.78 is 0.162. The van der Waals surface area contributed by atoms with Crippen molar-refractivity contribution in [3.63, 3.8) is 0 Å². The van der Waals surface area contributed by atoms with Gasteiger partial charge in [-0.2, -0.15) is 0 Å². The molecule has 1 heterocycles. The summed E-state index contributed by atoms with van der Waals surface area (Å²) in [5, 5.41) is 0.832. The molecule has 0 radical (unpaired) electrons. The largest absolute Gasteiger partial charge is 0.330 e. The zero-order valence-corrected chi connectivity index (χ0v) is 9.77. The highest BCUT2D eigenvalue weighted by molar-refractivity contribution is 8.00. The van der Waals surface area contributed by atoms with E-state index in [0.29, 0.717) is 6.54 Å². The first-order chi connectivity index (χ1) is 6.51. The van der Waals surface area contributed by atoms with Crippen molar-refractivity contribution in [1.82, 2.24) is 9.97 Å². The molecule has 4 heteroatoms. The van der Waals surface area contributed by atoms with Gasteiger partial charge in [0.05, 0.1) is 0 Å². The average Bonchev–Trinajstić information content (AvgIpc) is 2.06. The van der Waals surface area contributed by atoms with Crippen LogP contribution in [0.15, 0.2) is 17.6 Å². The van der Waals surface area contributed by atoms with Gasteiger partial charge in [-0.15, -0.1) is 0 Å². The number of rotatable bonds is 3. The predicted molar refractivity (Wildman–Crippen MR) is 60.4 cm³/mol. The van der Waals surface area contributed by atoms with Crippen LogP contribution in [0.25, 0.3) is 0 Å². The molecule has 0 atom stereocenters. The van der Waals surface area contributed by atoms with Crippen LogP contribution in [-0.4, -0.2) is 21.3 Å². The molecule has 0 fully saturated rings. The third-order valence-electron chi connectivity index (χ3n) is 1.51. The van der Waals surface area contributed by atoms with Crippen molar-refractivity contribution in [3.8, 4) is 0 Å². The Morgan fingerprint density at radius 3 is 2.29 bits per heavy atom. The summed E-state index contributed by atoms with van der Waals surface area (Å²) in [6, 6.07) is 0. The topological polar surface area (TPSA) is 51.8 Å². The van der Waals surface area contributed by atoms with Crippen molar-refractivity contribution in [2.75, 3.05) is 6.54 Å². The van der Waals surface area contributed by atoms with Gasteiger partial charge < -0.3 is 5.73 Å². The Labute approximate surface area is 89.5 Å². The molecule has 2 N–H and O–H groups in total. The monoisotopic (exact) mass is 211 g/mol. The fourth-order valence-corrected chi connectivity index (χ4v) is 1.72. The third-order valence-corrected chi connectivity index (χ3v) is 2.52. The second-order valence-electron chi connectivity index (χ2n) is 4.13. The summed E-state index contributed by atoms with van der Waals surface area (Å²) in [5.74, 6) is 0. The Balaban J connectivity index is 2.64. The second kappa shape index (κ2) is 4.75. The molecule has 0 amide bonds. The Kier molecular flexibility index (Phi) is 3.89. The molecule has 0 aromatic carbocycles. The molecule has 0 saturated heterocycles. The van der Waals surface area contributed by atoms with E-state index in [9.17, 15) is 0 Å². The number of nitrogens with two attached hydrogens (primary N) is 1. The molecule has 0 aliphatic rings. The van der Waals surface area contributed by atoms with Crippen LogP contribution < -0.4 is 5.73 Å². The fourth-order valence-electron chi connectivity index (χ4n) is 0.965. The van der Waals surface area contributed by atoms with E-state index in [2.05, 4.69) is 30.7 Å². The smallest absolute Gasteiger partial charge is 0.187 e. The van der Waals surface area contributed by atoms with Crippen LogP contribution in [0.1, 0.15) is 26.3 Å². The van der Waals surface area contributed by atoms with Gasteiger partial charge in [-0.05, 0) is 18.5 Å². The van der Waals surface area contributed by atoms with Crippen LogP contribution in [0.3, 0.4) is 0 Å². The van der Waals surface area contributed by atoms with Gasteiger partial charge in [0, 0.05) is 17.1 Å². The first-order valence-electron chi connectivity index (χ1n) is 4.71. The minimum atomic E-state index is 0.162.